The first-order valence-corrected chi connectivity index (χ1v) is 8.89. The van der Waals surface area contributed by atoms with Gasteiger partial charge in [0.2, 0.25) is 5.91 Å². The largest absolute Gasteiger partial charge is 0.353 e. The van der Waals surface area contributed by atoms with Crippen molar-refractivity contribution in [2.24, 2.45) is 0 Å². The lowest BCUT2D eigenvalue weighted by molar-refractivity contribution is -0.121. The fourth-order valence-electron chi connectivity index (χ4n) is 2.51. The molecule has 20 heavy (non-hydrogen) atoms. The maximum absolute atomic E-state index is 11.8. The highest BCUT2D eigenvalue weighted by molar-refractivity contribution is 8.01. The lowest BCUT2D eigenvalue weighted by Crippen LogP contribution is -2.32. The van der Waals surface area contributed by atoms with E-state index < -0.39 is 0 Å². The van der Waals surface area contributed by atoms with E-state index in [0.29, 0.717) is 12.5 Å². The van der Waals surface area contributed by atoms with E-state index in [1.165, 1.54) is 17.5 Å². The fourth-order valence-corrected chi connectivity index (χ4v) is 4.59. The zero-order valence-electron chi connectivity index (χ0n) is 11.3. The molecule has 0 spiro atoms. The highest BCUT2D eigenvalue weighted by Gasteiger charge is 2.16. The van der Waals surface area contributed by atoms with Crippen LogP contribution < -0.4 is 5.32 Å². The van der Waals surface area contributed by atoms with Crippen LogP contribution in [0.5, 0.6) is 0 Å². The SMILES string of the molecule is O=C(CCSc1nc2ccccc2s1)NC1CCCC1. The quantitative estimate of drug-likeness (QED) is 0.853. The summed E-state index contributed by atoms with van der Waals surface area (Å²) in [5.74, 6) is 0.990. The number of fused-ring (bicyclic) bond motifs is 1. The third-order valence-electron chi connectivity index (χ3n) is 3.55. The van der Waals surface area contributed by atoms with Gasteiger partial charge in [-0.25, -0.2) is 4.98 Å². The summed E-state index contributed by atoms with van der Waals surface area (Å²) in [5, 5.41) is 3.12. The number of thiazole rings is 1. The van der Waals surface area contributed by atoms with Crippen LogP contribution in [0.3, 0.4) is 0 Å². The molecule has 1 aliphatic rings. The van der Waals surface area contributed by atoms with E-state index in [1.54, 1.807) is 23.1 Å². The van der Waals surface area contributed by atoms with E-state index in [1.807, 2.05) is 18.2 Å². The number of para-hydroxylation sites is 1. The summed E-state index contributed by atoms with van der Waals surface area (Å²) in [6.07, 6.45) is 5.39. The first-order valence-electron chi connectivity index (χ1n) is 7.09. The topological polar surface area (TPSA) is 42.0 Å². The lowest BCUT2D eigenvalue weighted by Gasteiger charge is -2.11. The third-order valence-corrected chi connectivity index (χ3v) is 5.73. The second-order valence-electron chi connectivity index (χ2n) is 5.09. The number of carbonyl (C=O) groups excluding carboxylic acids is 1. The van der Waals surface area contributed by atoms with Gasteiger partial charge in [-0.2, -0.15) is 0 Å². The predicted molar refractivity (Wildman–Crippen MR) is 85.4 cm³/mol. The molecule has 3 rings (SSSR count). The smallest absolute Gasteiger partial charge is 0.221 e. The molecule has 1 fully saturated rings. The number of amides is 1. The Morgan fingerprint density at radius 3 is 2.95 bits per heavy atom. The molecule has 0 atom stereocenters. The van der Waals surface area contributed by atoms with Crippen molar-refractivity contribution in [2.45, 2.75) is 42.5 Å². The van der Waals surface area contributed by atoms with Gasteiger partial charge in [0, 0.05) is 18.2 Å². The molecule has 0 bridgehead atoms. The molecular formula is C15H18N2OS2. The Bertz CT molecular complexity index is 557. The molecule has 1 aromatic carbocycles. The van der Waals surface area contributed by atoms with E-state index in [-0.39, 0.29) is 5.91 Å². The van der Waals surface area contributed by atoms with Crippen LogP contribution in [0.2, 0.25) is 0 Å². The number of nitrogens with zero attached hydrogens (tertiary/aromatic N) is 1. The highest BCUT2D eigenvalue weighted by atomic mass is 32.2. The summed E-state index contributed by atoms with van der Waals surface area (Å²) < 4.78 is 2.27. The van der Waals surface area contributed by atoms with Crippen molar-refractivity contribution in [1.29, 1.82) is 0 Å². The number of nitrogens with one attached hydrogen (secondary N) is 1. The molecular weight excluding hydrogens is 288 g/mol. The van der Waals surface area contributed by atoms with E-state index in [2.05, 4.69) is 16.4 Å². The Labute approximate surface area is 127 Å². The third kappa shape index (κ3) is 3.52. The van der Waals surface area contributed by atoms with Gasteiger partial charge in [0.25, 0.3) is 0 Å². The van der Waals surface area contributed by atoms with Gasteiger partial charge < -0.3 is 5.32 Å². The van der Waals surface area contributed by atoms with Crippen molar-refractivity contribution in [3.05, 3.63) is 24.3 Å². The van der Waals surface area contributed by atoms with Crippen LogP contribution in [0.25, 0.3) is 10.2 Å². The molecule has 0 unspecified atom stereocenters. The molecule has 1 aromatic heterocycles. The second-order valence-corrected chi connectivity index (χ2v) is 7.47. The second kappa shape index (κ2) is 6.59. The number of hydrogen-bond acceptors (Lipinski definition) is 4. The molecule has 5 heteroatoms. The maximum Gasteiger partial charge on any atom is 0.221 e. The summed E-state index contributed by atoms with van der Waals surface area (Å²) in [6, 6.07) is 8.58. The minimum absolute atomic E-state index is 0.186. The molecule has 1 heterocycles. The van der Waals surface area contributed by atoms with Crippen LogP contribution in [0.4, 0.5) is 0 Å². The minimum Gasteiger partial charge on any atom is -0.353 e. The minimum atomic E-state index is 0.186. The number of thioether (sulfide) groups is 1. The van der Waals surface area contributed by atoms with E-state index >= 15 is 0 Å². The van der Waals surface area contributed by atoms with Crippen LogP contribution >= 0.6 is 23.1 Å². The number of carbonyl (C=O) groups is 1. The Hall–Kier alpha value is -1.07. The fraction of sp³-hybridized carbons (Fsp3) is 0.467. The monoisotopic (exact) mass is 306 g/mol. The predicted octanol–water partition coefficient (Wildman–Crippen LogP) is 3.84. The van der Waals surface area contributed by atoms with Gasteiger partial charge in [-0.3, -0.25) is 4.79 Å². The summed E-state index contributed by atoms with van der Waals surface area (Å²) >= 11 is 3.38. The van der Waals surface area contributed by atoms with Crippen molar-refractivity contribution in [2.75, 3.05) is 5.75 Å². The van der Waals surface area contributed by atoms with Gasteiger partial charge in [0.1, 0.15) is 0 Å². The number of benzene rings is 1. The van der Waals surface area contributed by atoms with Crippen LogP contribution in [0.15, 0.2) is 28.6 Å². The average Bonchev–Trinajstić information content (AvgIpc) is 3.07. The van der Waals surface area contributed by atoms with Gasteiger partial charge in [-0.05, 0) is 25.0 Å². The van der Waals surface area contributed by atoms with Crippen molar-refractivity contribution in [3.8, 4) is 0 Å². The van der Waals surface area contributed by atoms with Gasteiger partial charge in [0.15, 0.2) is 4.34 Å². The summed E-state index contributed by atoms with van der Waals surface area (Å²) in [4.78, 5) is 16.4. The normalized spacial score (nSPS) is 15.8. The van der Waals surface area contributed by atoms with Gasteiger partial charge in [-0.1, -0.05) is 36.7 Å². The molecule has 0 saturated heterocycles. The Kier molecular flexibility index (Phi) is 4.58. The molecule has 1 aliphatic carbocycles. The number of rotatable bonds is 5. The van der Waals surface area contributed by atoms with Crippen LogP contribution in [0.1, 0.15) is 32.1 Å². The molecule has 106 valence electrons. The average molecular weight is 306 g/mol. The van der Waals surface area contributed by atoms with Crippen LogP contribution in [-0.4, -0.2) is 22.7 Å². The molecule has 1 N–H and O–H groups in total. The van der Waals surface area contributed by atoms with Crippen LogP contribution in [0, 0.1) is 0 Å². The molecule has 0 radical (unpaired) electrons. The molecule has 0 aliphatic heterocycles. The lowest BCUT2D eigenvalue weighted by atomic mass is 10.2. The molecule has 2 aromatic rings. The standard InChI is InChI=1S/C15H18N2OS2/c18-14(16-11-5-1-2-6-11)9-10-19-15-17-12-7-3-4-8-13(12)20-15/h3-4,7-8,11H,1-2,5-6,9-10H2,(H,16,18). The van der Waals surface area contributed by atoms with Gasteiger partial charge in [-0.15, -0.1) is 11.3 Å². The van der Waals surface area contributed by atoms with Crippen LogP contribution in [-0.2, 0) is 4.79 Å². The Morgan fingerprint density at radius 2 is 2.15 bits per heavy atom. The van der Waals surface area contributed by atoms with E-state index in [4.69, 9.17) is 0 Å². The first kappa shape index (κ1) is 13.9. The van der Waals surface area contributed by atoms with Crippen molar-refractivity contribution < 1.29 is 4.79 Å². The Balaban J connectivity index is 1.45. The van der Waals surface area contributed by atoms with Gasteiger partial charge >= 0.3 is 0 Å². The summed E-state index contributed by atoms with van der Waals surface area (Å²) in [5.41, 5.74) is 1.05. The number of hydrogen-bond donors (Lipinski definition) is 1. The zero-order valence-corrected chi connectivity index (χ0v) is 12.9. The summed E-state index contributed by atoms with van der Waals surface area (Å²) in [7, 11) is 0. The molecule has 1 amide bonds. The highest BCUT2D eigenvalue weighted by Crippen LogP contribution is 2.29. The number of aromatic nitrogens is 1. The van der Waals surface area contributed by atoms with Crippen molar-refractivity contribution in [3.63, 3.8) is 0 Å². The van der Waals surface area contributed by atoms with E-state index in [0.717, 1.165) is 28.5 Å². The Morgan fingerprint density at radius 1 is 1.35 bits per heavy atom. The molecule has 1 saturated carbocycles. The molecule has 3 nitrogen and oxygen atoms in total. The van der Waals surface area contributed by atoms with E-state index in [9.17, 15) is 4.79 Å². The van der Waals surface area contributed by atoms with Gasteiger partial charge in [0.05, 0.1) is 10.2 Å². The first-order chi connectivity index (χ1) is 9.81. The maximum atomic E-state index is 11.8. The summed E-state index contributed by atoms with van der Waals surface area (Å²) in [6.45, 7) is 0. The van der Waals surface area contributed by atoms with Crippen molar-refractivity contribution >= 4 is 39.2 Å². The zero-order chi connectivity index (χ0) is 13.8. The van der Waals surface area contributed by atoms with Crippen molar-refractivity contribution in [1.82, 2.24) is 10.3 Å².